The topological polar surface area (TPSA) is 29.5 Å². The van der Waals surface area contributed by atoms with E-state index in [1.807, 2.05) is 0 Å². The zero-order valence-corrected chi connectivity index (χ0v) is 11.6. The summed E-state index contributed by atoms with van der Waals surface area (Å²) in [6, 6.07) is 3.03. The summed E-state index contributed by atoms with van der Waals surface area (Å²) in [5, 5.41) is 0. The van der Waals surface area contributed by atoms with Crippen LogP contribution >= 0.6 is 0 Å². The summed E-state index contributed by atoms with van der Waals surface area (Å²) in [4.78, 5) is 13.6. The Morgan fingerprint density at radius 2 is 2.05 bits per heavy atom. The molecule has 1 saturated heterocycles. The van der Waals surface area contributed by atoms with Crippen molar-refractivity contribution >= 4 is 5.91 Å². The fourth-order valence-electron chi connectivity index (χ4n) is 2.38. The molecule has 1 heterocycles. The lowest BCUT2D eigenvalue weighted by atomic mass is 9.96. The van der Waals surface area contributed by atoms with Gasteiger partial charge in [-0.3, -0.25) is 4.79 Å². The molecule has 1 aliphatic rings. The number of halogens is 2. The van der Waals surface area contributed by atoms with Crippen molar-refractivity contribution in [1.29, 1.82) is 0 Å². The van der Waals surface area contributed by atoms with Gasteiger partial charge in [-0.15, -0.1) is 0 Å². The molecule has 1 aromatic carbocycles. The molecule has 20 heavy (non-hydrogen) atoms. The first kappa shape index (κ1) is 14.9. The highest BCUT2D eigenvalue weighted by Crippen LogP contribution is 2.19. The minimum absolute atomic E-state index is 0.0825. The Morgan fingerprint density at radius 1 is 1.35 bits per heavy atom. The smallest absolute Gasteiger partial charge is 0.256 e. The molecule has 1 amide bonds. The maximum atomic E-state index is 13.6. The summed E-state index contributed by atoms with van der Waals surface area (Å²) in [6.45, 7) is 2.12. The van der Waals surface area contributed by atoms with Gasteiger partial charge in [-0.2, -0.15) is 0 Å². The van der Waals surface area contributed by atoms with E-state index in [-0.39, 0.29) is 5.56 Å². The number of carbonyl (C=O) groups excluding carboxylic acids is 1. The molecule has 0 bridgehead atoms. The standard InChI is InChI=1S/C15H19F2NO2/c1-18(7-4-11-5-8-20-9-6-11)15(19)13-3-2-12(16)10-14(13)17/h2-3,10-11H,4-9H2,1H3. The second kappa shape index (κ2) is 6.79. The number of hydrogen-bond acceptors (Lipinski definition) is 2. The molecule has 2 rings (SSSR count). The van der Waals surface area contributed by atoms with Crippen LogP contribution in [-0.4, -0.2) is 37.6 Å². The zero-order valence-electron chi connectivity index (χ0n) is 11.6. The van der Waals surface area contributed by atoms with Crippen molar-refractivity contribution in [3.05, 3.63) is 35.4 Å². The molecule has 0 unspecified atom stereocenters. The quantitative estimate of drug-likeness (QED) is 0.850. The molecule has 0 spiro atoms. The molecule has 0 saturated carbocycles. The van der Waals surface area contributed by atoms with Gasteiger partial charge in [-0.25, -0.2) is 8.78 Å². The Hall–Kier alpha value is -1.49. The van der Waals surface area contributed by atoms with Gasteiger partial charge in [0, 0.05) is 32.9 Å². The highest BCUT2D eigenvalue weighted by Gasteiger charge is 2.19. The van der Waals surface area contributed by atoms with Gasteiger partial charge in [-0.1, -0.05) is 0 Å². The highest BCUT2D eigenvalue weighted by molar-refractivity contribution is 5.94. The summed E-state index contributed by atoms with van der Waals surface area (Å²) in [5.74, 6) is -1.34. The van der Waals surface area contributed by atoms with Crippen LogP contribution in [0.5, 0.6) is 0 Å². The molecule has 0 aliphatic carbocycles. The van der Waals surface area contributed by atoms with Crippen LogP contribution in [0.25, 0.3) is 0 Å². The summed E-state index contributed by atoms with van der Waals surface area (Å²) in [7, 11) is 1.64. The van der Waals surface area contributed by atoms with Gasteiger partial charge in [0.05, 0.1) is 5.56 Å². The van der Waals surface area contributed by atoms with Crippen LogP contribution in [0.1, 0.15) is 29.6 Å². The first-order valence-corrected chi connectivity index (χ1v) is 6.86. The van der Waals surface area contributed by atoms with E-state index in [0.29, 0.717) is 12.5 Å². The molecule has 0 N–H and O–H groups in total. The minimum atomic E-state index is -0.812. The van der Waals surface area contributed by atoms with Gasteiger partial charge < -0.3 is 9.64 Å². The third-order valence-corrected chi connectivity index (χ3v) is 3.72. The number of rotatable bonds is 4. The van der Waals surface area contributed by atoms with E-state index < -0.39 is 17.5 Å². The molecule has 3 nitrogen and oxygen atoms in total. The normalized spacial score (nSPS) is 16.1. The predicted octanol–water partition coefficient (Wildman–Crippen LogP) is 2.85. The van der Waals surface area contributed by atoms with Crippen LogP contribution in [0.15, 0.2) is 18.2 Å². The maximum Gasteiger partial charge on any atom is 0.256 e. The summed E-state index contributed by atoms with van der Waals surface area (Å²) in [6.07, 6.45) is 2.90. The minimum Gasteiger partial charge on any atom is -0.381 e. The number of ether oxygens (including phenoxy) is 1. The van der Waals surface area contributed by atoms with Crippen LogP contribution in [0, 0.1) is 17.6 Å². The summed E-state index contributed by atoms with van der Waals surface area (Å²) < 4.78 is 31.7. The first-order valence-electron chi connectivity index (χ1n) is 6.86. The maximum absolute atomic E-state index is 13.6. The monoisotopic (exact) mass is 283 g/mol. The van der Waals surface area contributed by atoms with E-state index in [2.05, 4.69) is 0 Å². The highest BCUT2D eigenvalue weighted by atomic mass is 19.1. The summed E-state index contributed by atoms with van der Waals surface area (Å²) in [5.41, 5.74) is -0.0825. The van der Waals surface area contributed by atoms with E-state index in [9.17, 15) is 13.6 Å². The second-order valence-corrected chi connectivity index (χ2v) is 5.20. The van der Waals surface area contributed by atoms with E-state index in [1.165, 1.54) is 11.0 Å². The van der Waals surface area contributed by atoms with Crippen LogP contribution in [0.4, 0.5) is 8.78 Å². The zero-order chi connectivity index (χ0) is 14.5. The fourth-order valence-corrected chi connectivity index (χ4v) is 2.38. The Kier molecular flexibility index (Phi) is 5.06. The first-order chi connectivity index (χ1) is 9.58. The molecule has 0 atom stereocenters. The van der Waals surface area contributed by atoms with E-state index in [1.54, 1.807) is 7.05 Å². The van der Waals surface area contributed by atoms with Crippen molar-refractivity contribution in [2.24, 2.45) is 5.92 Å². The molecule has 110 valence electrons. The third kappa shape index (κ3) is 3.76. The Morgan fingerprint density at radius 3 is 2.70 bits per heavy atom. The van der Waals surface area contributed by atoms with Gasteiger partial charge in [0.1, 0.15) is 11.6 Å². The number of nitrogens with zero attached hydrogens (tertiary/aromatic N) is 1. The van der Waals surface area contributed by atoms with Crippen molar-refractivity contribution in [3.8, 4) is 0 Å². The lowest BCUT2D eigenvalue weighted by molar-refractivity contribution is 0.0582. The van der Waals surface area contributed by atoms with Crippen molar-refractivity contribution in [1.82, 2.24) is 4.90 Å². The second-order valence-electron chi connectivity index (χ2n) is 5.20. The van der Waals surface area contributed by atoms with Crippen molar-refractivity contribution in [2.45, 2.75) is 19.3 Å². The molecule has 1 aliphatic heterocycles. The van der Waals surface area contributed by atoms with Crippen molar-refractivity contribution in [3.63, 3.8) is 0 Å². The molecule has 1 aromatic rings. The predicted molar refractivity (Wildman–Crippen MR) is 71.5 cm³/mol. The van der Waals surface area contributed by atoms with Crippen LogP contribution in [0.3, 0.4) is 0 Å². The Bertz CT molecular complexity index is 473. The SMILES string of the molecule is CN(CCC1CCOCC1)C(=O)c1ccc(F)cc1F. The average Bonchev–Trinajstić information content (AvgIpc) is 2.45. The van der Waals surface area contributed by atoms with Gasteiger partial charge in [0.25, 0.3) is 5.91 Å². The molecular formula is C15H19F2NO2. The average molecular weight is 283 g/mol. The number of hydrogen-bond donors (Lipinski definition) is 0. The third-order valence-electron chi connectivity index (χ3n) is 3.72. The van der Waals surface area contributed by atoms with Gasteiger partial charge >= 0.3 is 0 Å². The summed E-state index contributed by atoms with van der Waals surface area (Å²) >= 11 is 0. The van der Waals surface area contributed by atoms with Crippen LogP contribution in [0.2, 0.25) is 0 Å². The lowest BCUT2D eigenvalue weighted by Gasteiger charge is -2.25. The van der Waals surface area contributed by atoms with Gasteiger partial charge in [0.2, 0.25) is 0 Å². The largest absolute Gasteiger partial charge is 0.381 e. The molecule has 5 heteroatoms. The molecule has 1 fully saturated rings. The van der Waals surface area contributed by atoms with Crippen molar-refractivity contribution < 1.29 is 18.3 Å². The van der Waals surface area contributed by atoms with E-state index in [0.717, 1.165) is 44.6 Å². The lowest BCUT2D eigenvalue weighted by Crippen LogP contribution is -2.30. The number of carbonyl (C=O) groups is 1. The number of amides is 1. The van der Waals surface area contributed by atoms with Crippen molar-refractivity contribution in [2.75, 3.05) is 26.8 Å². The van der Waals surface area contributed by atoms with Gasteiger partial charge in [-0.05, 0) is 37.3 Å². The fraction of sp³-hybridized carbons (Fsp3) is 0.533. The molecular weight excluding hydrogens is 264 g/mol. The number of benzene rings is 1. The molecule has 0 aromatic heterocycles. The molecule has 0 radical (unpaired) electrons. The Labute approximate surface area is 117 Å². The van der Waals surface area contributed by atoms with Crippen LogP contribution in [-0.2, 0) is 4.74 Å². The Balaban J connectivity index is 1.90. The van der Waals surface area contributed by atoms with E-state index in [4.69, 9.17) is 4.74 Å². The van der Waals surface area contributed by atoms with E-state index >= 15 is 0 Å². The van der Waals surface area contributed by atoms with Crippen LogP contribution < -0.4 is 0 Å². The van der Waals surface area contributed by atoms with Gasteiger partial charge in [0.15, 0.2) is 0 Å².